The summed E-state index contributed by atoms with van der Waals surface area (Å²) in [7, 11) is 0. The van der Waals surface area contributed by atoms with E-state index in [2.05, 4.69) is 82.3 Å². The summed E-state index contributed by atoms with van der Waals surface area (Å²) < 4.78 is 26.4. The zero-order chi connectivity index (χ0) is 35.0. The molecule has 4 nitrogen and oxygen atoms in total. The second kappa shape index (κ2) is 21.1. The molecule has 2 aromatic rings. The summed E-state index contributed by atoms with van der Waals surface area (Å²) in [4.78, 5) is 0. The number of hydrogen-bond donors (Lipinski definition) is 0. The lowest BCUT2D eigenvalue weighted by Crippen LogP contribution is -2.52. The van der Waals surface area contributed by atoms with Gasteiger partial charge in [-0.1, -0.05) is 158 Å². The molecule has 1 saturated carbocycles. The average Bonchev–Trinajstić information content (AvgIpc) is 3.15. The van der Waals surface area contributed by atoms with Crippen molar-refractivity contribution in [3.63, 3.8) is 0 Å². The minimum Gasteiger partial charge on any atom is -0.352 e. The fourth-order valence-corrected chi connectivity index (χ4v) is 9.14. The summed E-state index contributed by atoms with van der Waals surface area (Å²) in [5, 5.41) is 0. The van der Waals surface area contributed by atoms with Crippen LogP contribution in [0.1, 0.15) is 168 Å². The Kier molecular flexibility index (Phi) is 16.7. The maximum Gasteiger partial charge on any atom is 0.184 e. The van der Waals surface area contributed by atoms with Crippen LogP contribution in [0, 0.1) is 23.7 Å². The molecule has 280 valence electrons. The fraction of sp³-hybridized carbons (Fsp3) is 0.739. The molecule has 0 spiro atoms. The van der Waals surface area contributed by atoms with Gasteiger partial charge in [0, 0.05) is 17.4 Å². The van der Waals surface area contributed by atoms with E-state index in [-0.39, 0.29) is 18.2 Å². The Morgan fingerprint density at radius 2 is 1.24 bits per heavy atom. The van der Waals surface area contributed by atoms with Gasteiger partial charge in [-0.2, -0.15) is 0 Å². The first kappa shape index (κ1) is 39.5. The normalized spacial score (nSPS) is 30.4. The lowest BCUT2D eigenvalue weighted by Gasteiger charge is -2.51. The van der Waals surface area contributed by atoms with Gasteiger partial charge in [-0.15, -0.1) is 0 Å². The van der Waals surface area contributed by atoms with Crippen molar-refractivity contribution in [1.29, 1.82) is 0 Å². The molecule has 2 aromatic carbocycles. The van der Waals surface area contributed by atoms with Crippen LogP contribution in [0.15, 0.2) is 54.6 Å². The van der Waals surface area contributed by atoms with E-state index >= 15 is 0 Å². The van der Waals surface area contributed by atoms with Crippen LogP contribution in [-0.4, -0.2) is 31.2 Å². The minimum atomic E-state index is -0.296. The van der Waals surface area contributed by atoms with E-state index in [1.807, 2.05) is 0 Å². The largest absolute Gasteiger partial charge is 0.352 e. The van der Waals surface area contributed by atoms with Gasteiger partial charge in [0.05, 0.1) is 24.9 Å². The molecule has 3 aliphatic rings. The third-order valence-electron chi connectivity index (χ3n) is 12.7. The van der Waals surface area contributed by atoms with Gasteiger partial charge in [-0.25, -0.2) is 0 Å². The van der Waals surface area contributed by atoms with E-state index in [0.29, 0.717) is 23.9 Å². The molecule has 2 heterocycles. The monoisotopic (exact) mass is 689 g/mol. The van der Waals surface area contributed by atoms with Crippen LogP contribution in [-0.2, 0) is 18.9 Å². The van der Waals surface area contributed by atoms with Crippen molar-refractivity contribution in [2.75, 3.05) is 13.2 Å². The van der Waals surface area contributed by atoms with E-state index in [1.165, 1.54) is 133 Å². The van der Waals surface area contributed by atoms with Crippen molar-refractivity contribution in [3.05, 3.63) is 60.2 Å². The molecule has 1 aliphatic carbocycles. The lowest BCUT2D eigenvalue weighted by atomic mass is 9.67. The molecule has 0 aromatic heterocycles. The van der Waals surface area contributed by atoms with Gasteiger partial charge in [0.1, 0.15) is 0 Å². The predicted molar refractivity (Wildman–Crippen MR) is 208 cm³/mol. The van der Waals surface area contributed by atoms with Crippen molar-refractivity contribution < 1.29 is 18.9 Å². The van der Waals surface area contributed by atoms with Gasteiger partial charge in [0.2, 0.25) is 0 Å². The molecule has 6 atom stereocenters. The van der Waals surface area contributed by atoms with Crippen molar-refractivity contribution in [2.45, 2.75) is 180 Å². The molecule has 2 aliphatic heterocycles. The fourth-order valence-electron chi connectivity index (χ4n) is 9.14. The Balaban J connectivity index is 1.11. The molecule has 3 fully saturated rings. The average molecular weight is 689 g/mol. The predicted octanol–water partition coefficient (Wildman–Crippen LogP) is 13.2. The quantitative estimate of drug-likeness (QED) is 0.130. The highest BCUT2D eigenvalue weighted by Crippen LogP contribution is 2.49. The highest BCUT2D eigenvalue weighted by atomic mass is 16.7. The molecule has 0 bridgehead atoms. The number of benzene rings is 2. The molecule has 50 heavy (non-hydrogen) atoms. The molecule has 0 radical (unpaired) electrons. The lowest BCUT2D eigenvalue weighted by molar-refractivity contribution is -0.301. The molecular formula is C46H72O4. The first-order valence-corrected chi connectivity index (χ1v) is 21.2. The molecular weight excluding hydrogens is 617 g/mol. The van der Waals surface area contributed by atoms with E-state index in [4.69, 9.17) is 18.9 Å². The smallest absolute Gasteiger partial charge is 0.184 e. The van der Waals surface area contributed by atoms with Crippen molar-refractivity contribution in [3.8, 4) is 11.1 Å². The number of hydrogen-bond acceptors (Lipinski definition) is 4. The van der Waals surface area contributed by atoms with E-state index in [9.17, 15) is 0 Å². The van der Waals surface area contributed by atoms with Gasteiger partial charge in [-0.05, 0) is 75.3 Å². The summed E-state index contributed by atoms with van der Waals surface area (Å²) in [6, 6.07) is 19.5. The Labute approximate surface area is 306 Å². The van der Waals surface area contributed by atoms with Gasteiger partial charge in [0.15, 0.2) is 12.6 Å². The standard InChI is InChI=1S/C46H72O4/c1-5-7-9-11-13-16-22-41-34-47-44(49-36(41)3)33-26-37-24-31-42(32-25-37)46(4)43(23-19-14-12-10-8-6-2)35-48-45(50-46)40-29-27-39(28-30-40)38-20-17-15-18-21-38/h15,17-18,20-21,27-30,36-37,41-45H,5-14,16,19,22-26,31-35H2,1-4H3. The van der Waals surface area contributed by atoms with Crippen LogP contribution in [0.5, 0.6) is 0 Å². The summed E-state index contributed by atoms with van der Waals surface area (Å²) >= 11 is 0. The Bertz CT molecular complexity index is 1170. The molecule has 4 heteroatoms. The molecule has 5 rings (SSSR count). The van der Waals surface area contributed by atoms with Gasteiger partial charge in [-0.3, -0.25) is 0 Å². The highest BCUT2D eigenvalue weighted by molar-refractivity contribution is 5.63. The zero-order valence-electron chi connectivity index (χ0n) is 32.4. The van der Waals surface area contributed by atoms with Crippen molar-refractivity contribution >= 4 is 0 Å². The first-order valence-electron chi connectivity index (χ1n) is 21.2. The van der Waals surface area contributed by atoms with E-state index < -0.39 is 0 Å². The summed E-state index contributed by atoms with van der Waals surface area (Å²) in [6.45, 7) is 11.0. The first-order chi connectivity index (χ1) is 24.5. The second-order valence-corrected chi connectivity index (χ2v) is 16.4. The molecule has 6 unspecified atom stereocenters. The van der Waals surface area contributed by atoms with Crippen LogP contribution in [0.4, 0.5) is 0 Å². The van der Waals surface area contributed by atoms with Gasteiger partial charge < -0.3 is 18.9 Å². The third-order valence-corrected chi connectivity index (χ3v) is 12.7. The molecule has 0 amide bonds. The maximum atomic E-state index is 7.16. The van der Waals surface area contributed by atoms with Crippen molar-refractivity contribution in [1.82, 2.24) is 0 Å². The maximum absolute atomic E-state index is 7.16. The number of unbranched alkanes of at least 4 members (excludes halogenated alkanes) is 10. The van der Waals surface area contributed by atoms with Crippen LogP contribution >= 0.6 is 0 Å². The summed E-state index contributed by atoms with van der Waals surface area (Å²) in [5.41, 5.74) is 3.46. The topological polar surface area (TPSA) is 36.9 Å². The second-order valence-electron chi connectivity index (χ2n) is 16.4. The van der Waals surface area contributed by atoms with Gasteiger partial charge >= 0.3 is 0 Å². The Hall–Kier alpha value is -1.72. The third kappa shape index (κ3) is 11.6. The number of rotatable bonds is 20. The molecule has 0 N–H and O–H groups in total. The van der Waals surface area contributed by atoms with E-state index in [1.54, 1.807) is 0 Å². The zero-order valence-corrected chi connectivity index (χ0v) is 32.4. The summed E-state index contributed by atoms with van der Waals surface area (Å²) in [6.07, 6.45) is 25.9. The van der Waals surface area contributed by atoms with E-state index in [0.717, 1.165) is 31.1 Å². The van der Waals surface area contributed by atoms with Gasteiger partial charge in [0.25, 0.3) is 0 Å². The number of ether oxygens (including phenoxy) is 4. The Morgan fingerprint density at radius 3 is 1.90 bits per heavy atom. The van der Waals surface area contributed by atoms with Crippen molar-refractivity contribution in [2.24, 2.45) is 23.7 Å². The Morgan fingerprint density at radius 1 is 0.620 bits per heavy atom. The van der Waals surface area contributed by atoms with Crippen LogP contribution in [0.3, 0.4) is 0 Å². The summed E-state index contributed by atoms with van der Waals surface area (Å²) in [5.74, 6) is 2.34. The van der Waals surface area contributed by atoms with Crippen LogP contribution in [0.2, 0.25) is 0 Å². The highest BCUT2D eigenvalue weighted by Gasteiger charge is 2.48. The van der Waals surface area contributed by atoms with Crippen LogP contribution < -0.4 is 0 Å². The van der Waals surface area contributed by atoms with Crippen LogP contribution in [0.25, 0.3) is 11.1 Å². The SMILES string of the molecule is CCCCCCCCC1COC(CCC2CCC(C3(C)OC(c4ccc(-c5ccccc5)cc4)OCC3CCCCCCCC)CC2)OC1C. The minimum absolute atomic E-state index is 0.0179. The molecule has 2 saturated heterocycles.